The molecule has 1 aliphatic heterocycles. The van der Waals surface area contributed by atoms with Crippen LogP contribution in [0.2, 0.25) is 0 Å². The summed E-state index contributed by atoms with van der Waals surface area (Å²) in [6.45, 7) is 8.61. The topological polar surface area (TPSA) is 87.6 Å². The van der Waals surface area contributed by atoms with Gasteiger partial charge < -0.3 is 20.1 Å². The minimum absolute atomic E-state index is 0.158. The zero-order valence-corrected chi connectivity index (χ0v) is 18.1. The largest absolute Gasteiger partial charge is 0.507 e. The van der Waals surface area contributed by atoms with Gasteiger partial charge in [-0.3, -0.25) is 0 Å². The van der Waals surface area contributed by atoms with E-state index in [2.05, 4.69) is 16.3 Å². The Balaban J connectivity index is 1.52. The fourth-order valence-corrected chi connectivity index (χ4v) is 3.64. The normalized spacial score (nSPS) is 14.0. The molecule has 0 bridgehead atoms. The van der Waals surface area contributed by atoms with Gasteiger partial charge in [0.2, 0.25) is 0 Å². The number of aromatic hydroxyl groups is 1. The number of phenolic OH excluding ortho intramolecular Hbond substituents is 1. The van der Waals surface area contributed by atoms with Gasteiger partial charge in [0.15, 0.2) is 5.82 Å². The van der Waals surface area contributed by atoms with Crippen LogP contribution in [0.25, 0.3) is 22.3 Å². The van der Waals surface area contributed by atoms with Crippen molar-refractivity contribution in [2.75, 3.05) is 31.1 Å². The molecule has 4 rings (SSSR count). The van der Waals surface area contributed by atoms with Gasteiger partial charge in [-0.2, -0.15) is 0 Å². The number of hydrogen-bond donors (Lipinski definition) is 2. The van der Waals surface area contributed by atoms with Crippen LogP contribution >= 0.6 is 0 Å². The van der Waals surface area contributed by atoms with E-state index in [9.17, 15) is 9.90 Å². The van der Waals surface area contributed by atoms with Crippen LogP contribution in [0.5, 0.6) is 5.75 Å². The summed E-state index contributed by atoms with van der Waals surface area (Å²) in [7, 11) is 0. The Hall–Kier alpha value is -3.35. The van der Waals surface area contributed by atoms with E-state index in [1.807, 2.05) is 45.0 Å². The second-order valence-electron chi connectivity index (χ2n) is 8.55. The molecule has 1 saturated heterocycles. The highest BCUT2D eigenvalue weighted by molar-refractivity contribution is 5.92. The number of ether oxygens (including phenoxy) is 1. The molecule has 3 aromatic rings. The van der Waals surface area contributed by atoms with E-state index < -0.39 is 0 Å². The van der Waals surface area contributed by atoms with Crippen molar-refractivity contribution in [3.05, 3.63) is 48.0 Å². The van der Waals surface area contributed by atoms with Crippen molar-refractivity contribution in [3.63, 3.8) is 0 Å². The highest BCUT2D eigenvalue weighted by Crippen LogP contribution is 2.34. The van der Waals surface area contributed by atoms with E-state index in [1.165, 1.54) is 0 Å². The zero-order valence-electron chi connectivity index (χ0n) is 18.1. The van der Waals surface area contributed by atoms with Gasteiger partial charge in [0, 0.05) is 30.9 Å². The van der Waals surface area contributed by atoms with Gasteiger partial charge in [-0.05, 0) is 42.7 Å². The van der Waals surface area contributed by atoms with Crippen molar-refractivity contribution >= 4 is 22.8 Å². The molecular weight excluding hydrogens is 392 g/mol. The average Bonchev–Trinajstić information content (AvgIpc) is 2.70. The van der Waals surface area contributed by atoms with E-state index in [0.29, 0.717) is 36.4 Å². The van der Waals surface area contributed by atoms with E-state index >= 15 is 0 Å². The summed E-state index contributed by atoms with van der Waals surface area (Å²) in [5.41, 5.74) is 2.58. The molecule has 0 spiro atoms. The minimum Gasteiger partial charge on any atom is -0.507 e. The molecule has 2 aromatic carbocycles. The third-order valence-electron chi connectivity index (χ3n) is 5.32. The van der Waals surface area contributed by atoms with Crippen molar-refractivity contribution in [3.8, 4) is 17.1 Å². The van der Waals surface area contributed by atoms with Gasteiger partial charge in [-0.25, -0.2) is 14.8 Å². The third kappa shape index (κ3) is 4.71. The van der Waals surface area contributed by atoms with E-state index in [0.717, 1.165) is 35.4 Å². The Kier molecular flexibility index (Phi) is 5.93. The van der Waals surface area contributed by atoms with Crippen LogP contribution in [-0.2, 0) is 4.74 Å². The number of phenols is 1. The number of anilines is 1. The number of nitrogens with zero attached hydrogens (tertiary/aromatic N) is 3. The molecule has 2 N–H and O–H groups in total. The standard InChI is InChI=1S/C24H28N4O3/c1-15(2)14-31-24(30)25-11-17-12-28(13-17)23-18-9-8-16(3)10-20(18)26-22(27-23)19-6-4-5-7-21(19)29/h4-10,15,17,29H,11-14H2,1-3H3,(H,25,30). The predicted molar refractivity (Wildman–Crippen MR) is 121 cm³/mol. The van der Waals surface area contributed by atoms with Crippen LogP contribution < -0.4 is 10.2 Å². The molecule has 1 amide bonds. The van der Waals surface area contributed by atoms with Gasteiger partial charge in [0.25, 0.3) is 0 Å². The molecule has 31 heavy (non-hydrogen) atoms. The van der Waals surface area contributed by atoms with Crippen molar-refractivity contribution in [2.45, 2.75) is 20.8 Å². The fourth-order valence-electron chi connectivity index (χ4n) is 3.64. The molecule has 162 valence electrons. The Morgan fingerprint density at radius 2 is 2.00 bits per heavy atom. The van der Waals surface area contributed by atoms with Crippen molar-refractivity contribution in [1.29, 1.82) is 0 Å². The van der Waals surface area contributed by atoms with Crippen LogP contribution in [0.15, 0.2) is 42.5 Å². The number of para-hydroxylation sites is 1. The summed E-state index contributed by atoms with van der Waals surface area (Å²) in [5.74, 6) is 2.16. The lowest BCUT2D eigenvalue weighted by Crippen LogP contribution is -2.52. The molecule has 7 nitrogen and oxygen atoms in total. The van der Waals surface area contributed by atoms with Crippen LogP contribution in [-0.4, -0.2) is 47.4 Å². The zero-order chi connectivity index (χ0) is 22.0. The summed E-state index contributed by atoms with van der Waals surface area (Å²) in [6.07, 6.45) is -0.364. The number of fused-ring (bicyclic) bond motifs is 1. The first-order valence-electron chi connectivity index (χ1n) is 10.6. The summed E-state index contributed by atoms with van der Waals surface area (Å²) in [4.78, 5) is 23.5. The van der Waals surface area contributed by atoms with Gasteiger partial charge in [0.1, 0.15) is 11.6 Å². The van der Waals surface area contributed by atoms with Crippen molar-refractivity contribution < 1.29 is 14.6 Å². The highest BCUT2D eigenvalue weighted by Gasteiger charge is 2.30. The van der Waals surface area contributed by atoms with Gasteiger partial charge in [-0.1, -0.05) is 32.0 Å². The summed E-state index contributed by atoms with van der Waals surface area (Å²) >= 11 is 0. The number of rotatable bonds is 6. The van der Waals surface area contributed by atoms with Gasteiger partial charge in [0.05, 0.1) is 17.7 Å². The predicted octanol–water partition coefficient (Wildman–Crippen LogP) is 4.13. The maximum absolute atomic E-state index is 11.8. The summed E-state index contributed by atoms with van der Waals surface area (Å²) < 4.78 is 5.17. The number of aromatic nitrogens is 2. The molecular formula is C24H28N4O3. The second kappa shape index (κ2) is 8.79. The Morgan fingerprint density at radius 3 is 2.74 bits per heavy atom. The number of nitrogens with one attached hydrogen (secondary N) is 1. The van der Waals surface area contributed by atoms with E-state index in [1.54, 1.807) is 12.1 Å². The smallest absolute Gasteiger partial charge is 0.407 e. The number of amides is 1. The van der Waals surface area contributed by atoms with E-state index in [4.69, 9.17) is 14.7 Å². The van der Waals surface area contributed by atoms with Gasteiger partial charge in [-0.15, -0.1) is 0 Å². The lowest BCUT2D eigenvalue weighted by molar-refractivity contribution is 0.131. The lowest BCUT2D eigenvalue weighted by Gasteiger charge is -2.40. The Bertz CT molecular complexity index is 1090. The van der Waals surface area contributed by atoms with Crippen LogP contribution in [0.1, 0.15) is 19.4 Å². The third-order valence-corrected chi connectivity index (χ3v) is 5.32. The first-order valence-corrected chi connectivity index (χ1v) is 10.6. The quantitative estimate of drug-likeness (QED) is 0.623. The average molecular weight is 421 g/mol. The summed E-state index contributed by atoms with van der Waals surface area (Å²) in [5, 5.41) is 14.1. The van der Waals surface area contributed by atoms with Crippen molar-refractivity contribution in [2.24, 2.45) is 11.8 Å². The monoisotopic (exact) mass is 420 g/mol. The fraction of sp³-hybridized carbons (Fsp3) is 0.375. The number of carbonyl (C=O) groups is 1. The van der Waals surface area contributed by atoms with Crippen LogP contribution in [0, 0.1) is 18.8 Å². The number of aryl methyl sites for hydroxylation is 1. The van der Waals surface area contributed by atoms with Crippen LogP contribution in [0.4, 0.5) is 10.6 Å². The molecule has 1 aromatic heterocycles. The first kappa shape index (κ1) is 20.9. The molecule has 2 heterocycles. The molecule has 0 unspecified atom stereocenters. The first-order chi connectivity index (χ1) is 14.9. The van der Waals surface area contributed by atoms with Crippen LogP contribution in [0.3, 0.4) is 0 Å². The van der Waals surface area contributed by atoms with Crippen molar-refractivity contribution in [1.82, 2.24) is 15.3 Å². The highest BCUT2D eigenvalue weighted by atomic mass is 16.5. The minimum atomic E-state index is -0.364. The summed E-state index contributed by atoms with van der Waals surface area (Å²) in [6, 6.07) is 13.2. The Morgan fingerprint density at radius 1 is 1.23 bits per heavy atom. The molecule has 0 saturated carbocycles. The molecule has 1 aliphatic rings. The van der Waals surface area contributed by atoms with Gasteiger partial charge >= 0.3 is 6.09 Å². The van der Waals surface area contributed by atoms with E-state index in [-0.39, 0.29) is 11.8 Å². The second-order valence-corrected chi connectivity index (χ2v) is 8.55. The number of alkyl carbamates (subject to hydrolysis) is 1. The number of hydrogen-bond acceptors (Lipinski definition) is 6. The number of benzene rings is 2. The molecule has 7 heteroatoms. The molecule has 1 fully saturated rings. The maximum atomic E-state index is 11.8. The Labute approximate surface area is 182 Å². The SMILES string of the molecule is Cc1ccc2c(N3CC(CNC(=O)OCC(C)C)C3)nc(-c3ccccc3O)nc2c1. The lowest BCUT2D eigenvalue weighted by atomic mass is 9.99. The molecule has 0 atom stereocenters. The molecule has 0 radical (unpaired) electrons. The number of carbonyl (C=O) groups excluding carboxylic acids is 1. The maximum Gasteiger partial charge on any atom is 0.407 e. The molecule has 0 aliphatic carbocycles.